The molecule has 4 aromatic rings. The SMILES string of the molecule is COc1ccncc1CN1CCN(C(=O)c2ccc(CS(=O)(=O)c3cccc4cccnc34)c(C)c2)CC1. The van der Waals surface area contributed by atoms with E-state index in [2.05, 4.69) is 14.9 Å². The highest BCUT2D eigenvalue weighted by Gasteiger charge is 2.24. The number of nitrogens with zero attached hydrogens (tertiary/aromatic N) is 4. The maximum absolute atomic E-state index is 13.3. The summed E-state index contributed by atoms with van der Waals surface area (Å²) in [6, 6.07) is 16.0. The molecule has 1 aliphatic heterocycles. The molecule has 1 aliphatic rings. The van der Waals surface area contributed by atoms with Gasteiger partial charge >= 0.3 is 0 Å². The van der Waals surface area contributed by atoms with Crippen LogP contribution in [0.15, 0.2) is 78.1 Å². The predicted octanol–water partition coefficient (Wildman–Crippen LogP) is 3.88. The summed E-state index contributed by atoms with van der Waals surface area (Å²) in [6.45, 7) is 5.29. The number of ether oxygens (including phenoxy) is 1. The van der Waals surface area contributed by atoms with Crippen LogP contribution < -0.4 is 4.74 Å². The van der Waals surface area contributed by atoms with Crippen molar-refractivity contribution in [3.8, 4) is 5.75 Å². The van der Waals surface area contributed by atoms with E-state index in [1.165, 1.54) is 0 Å². The molecule has 0 spiro atoms. The number of pyridine rings is 2. The predicted molar refractivity (Wildman–Crippen MR) is 146 cm³/mol. The van der Waals surface area contributed by atoms with Crippen molar-refractivity contribution in [1.29, 1.82) is 0 Å². The van der Waals surface area contributed by atoms with E-state index in [0.717, 1.165) is 35.4 Å². The Morgan fingerprint density at radius 1 is 0.974 bits per heavy atom. The molecule has 0 radical (unpaired) electrons. The second-order valence-electron chi connectivity index (χ2n) is 9.49. The summed E-state index contributed by atoms with van der Waals surface area (Å²) in [4.78, 5) is 26.1. The molecule has 0 unspecified atom stereocenters. The Labute approximate surface area is 222 Å². The summed E-state index contributed by atoms with van der Waals surface area (Å²) in [5.74, 6) is 0.617. The Morgan fingerprint density at radius 2 is 1.76 bits per heavy atom. The van der Waals surface area contributed by atoms with Gasteiger partial charge in [0.2, 0.25) is 0 Å². The molecule has 0 saturated carbocycles. The molecule has 1 fully saturated rings. The number of rotatable bonds is 7. The normalized spacial score (nSPS) is 14.5. The van der Waals surface area contributed by atoms with Gasteiger partial charge in [-0.1, -0.05) is 24.3 Å². The number of fused-ring (bicyclic) bond motifs is 1. The van der Waals surface area contributed by atoms with E-state index in [-0.39, 0.29) is 16.6 Å². The maximum atomic E-state index is 13.3. The van der Waals surface area contributed by atoms with Gasteiger partial charge in [0.25, 0.3) is 5.91 Å². The van der Waals surface area contributed by atoms with Gasteiger partial charge in [0.05, 0.1) is 23.3 Å². The van der Waals surface area contributed by atoms with E-state index in [0.29, 0.717) is 36.3 Å². The summed E-state index contributed by atoms with van der Waals surface area (Å²) in [5, 5.41) is 0.783. The number of carbonyl (C=O) groups excluding carboxylic acids is 1. The molecule has 0 bridgehead atoms. The van der Waals surface area contributed by atoms with E-state index in [4.69, 9.17) is 4.74 Å². The molecule has 3 heterocycles. The summed E-state index contributed by atoms with van der Waals surface area (Å²) in [6.07, 6.45) is 5.13. The van der Waals surface area contributed by atoms with Gasteiger partial charge in [0.15, 0.2) is 9.84 Å². The number of aromatic nitrogens is 2. The molecule has 8 nitrogen and oxygen atoms in total. The molecule has 196 valence electrons. The zero-order chi connectivity index (χ0) is 26.7. The van der Waals surface area contributed by atoms with E-state index < -0.39 is 9.84 Å². The molecule has 1 amide bonds. The summed E-state index contributed by atoms with van der Waals surface area (Å²) >= 11 is 0. The van der Waals surface area contributed by atoms with Crippen molar-refractivity contribution in [3.05, 3.63) is 95.4 Å². The van der Waals surface area contributed by atoms with Gasteiger partial charge in [-0.15, -0.1) is 0 Å². The molecular formula is C29H30N4O4S. The number of sulfone groups is 1. The highest BCUT2D eigenvalue weighted by atomic mass is 32.2. The quantitative estimate of drug-likeness (QED) is 0.358. The monoisotopic (exact) mass is 530 g/mol. The van der Waals surface area contributed by atoms with Gasteiger partial charge in [0, 0.05) is 67.8 Å². The first-order valence-electron chi connectivity index (χ1n) is 12.5. The molecule has 0 N–H and O–H groups in total. The van der Waals surface area contributed by atoms with Crippen LogP contribution in [0, 0.1) is 6.92 Å². The van der Waals surface area contributed by atoms with Crippen LogP contribution >= 0.6 is 0 Å². The number of hydrogen-bond acceptors (Lipinski definition) is 7. The third-order valence-electron chi connectivity index (χ3n) is 7.00. The first kappa shape index (κ1) is 25.8. The Bertz CT molecular complexity index is 1580. The molecular weight excluding hydrogens is 500 g/mol. The largest absolute Gasteiger partial charge is 0.496 e. The standard InChI is InChI=1S/C29H30N4O4S/c1-21-17-23(29(34)33-15-13-32(14-16-33)19-25-18-30-12-10-26(25)37-2)8-9-24(21)20-38(35,36)27-7-3-5-22-6-4-11-31-28(22)27/h3-12,17-18H,13-16,19-20H2,1-2H3. The van der Waals surface area contributed by atoms with Gasteiger partial charge in [-0.25, -0.2) is 8.42 Å². The lowest BCUT2D eigenvalue weighted by Crippen LogP contribution is -2.48. The van der Waals surface area contributed by atoms with Crippen LogP contribution in [0.25, 0.3) is 10.9 Å². The molecule has 9 heteroatoms. The maximum Gasteiger partial charge on any atom is 0.253 e. The van der Waals surface area contributed by atoms with Crippen LogP contribution in [-0.2, 0) is 22.1 Å². The Kier molecular flexibility index (Phi) is 7.40. The molecule has 0 atom stereocenters. The molecule has 38 heavy (non-hydrogen) atoms. The van der Waals surface area contributed by atoms with Crippen molar-refractivity contribution in [3.63, 3.8) is 0 Å². The van der Waals surface area contributed by atoms with Crippen LogP contribution in [-0.4, -0.2) is 67.4 Å². The minimum atomic E-state index is -3.63. The average molecular weight is 531 g/mol. The topological polar surface area (TPSA) is 92.7 Å². The second-order valence-corrected chi connectivity index (χ2v) is 11.4. The minimum Gasteiger partial charge on any atom is -0.496 e. The van der Waals surface area contributed by atoms with Gasteiger partial charge < -0.3 is 9.64 Å². The fraction of sp³-hybridized carbons (Fsp3) is 0.276. The number of carbonyl (C=O) groups is 1. The van der Waals surface area contributed by atoms with Crippen molar-refractivity contribution in [2.45, 2.75) is 24.1 Å². The van der Waals surface area contributed by atoms with E-state index in [1.54, 1.807) is 55.9 Å². The highest BCUT2D eigenvalue weighted by Crippen LogP contribution is 2.26. The Morgan fingerprint density at radius 3 is 2.53 bits per heavy atom. The first-order chi connectivity index (χ1) is 18.4. The first-order valence-corrected chi connectivity index (χ1v) is 14.2. The molecule has 0 aliphatic carbocycles. The third-order valence-corrected chi connectivity index (χ3v) is 8.69. The summed E-state index contributed by atoms with van der Waals surface area (Å²) < 4.78 is 32.0. The highest BCUT2D eigenvalue weighted by molar-refractivity contribution is 7.90. The summed E-state index contributed by atoms with van der Waals surface area (Å²) in [5.41, 5.74) is 3.51. The number of benzene rings is 2. The lowest BCUT2D eigenvalue weighted by Gasteiger charge is -2.35. The van der Waals surface area contributed by atoms with Crippen LogP contribution in [0.1, 0.15) is 27.0 Å². The van der Waals surface area contributed by atoms with E-state index >= 15 is 0 Å². The number of para-hydroxylation sites is 1. The van der Waals surface area contributed by atoms with Gasteiger partial charge in [0.1, 0.15) is 5.75 Å². The smallest absolute Gasteiger partial charge is 0.253 e. The Balaban J connectivity index is 1.25. The Hall–Kier alpha value is -3.82. The lowest BCUT2D eigenvalue weighted by atomic mass is 10.1. The van der Waals surface area contributed by atoms with Crippen molar-refractivity contribution < 1.29 is 17.9 Å². The van der Waals surface area contributed by atoms with E-state index in [9.17, 15) is 13.2 Å². The molecule has 2 aromatic heterocycles. The fourth-order valence-corrected chi connectivity index (χ4v) is 6.51. The van der Waals surface area contributed by atoms with Crippen LogP contribution in [0.2, 0.25) is 0 Å². The van der Waals surface area contributed by atoms with Gasteiger partial charge in [-0.05, 0) is 48.4 Å². The number of amides is 1. The summed E-state index contributed by atoms with van der Waals surface area (Å²) in [7, 11) is -1.98. The molecule has 5 rings (SSSR count). The lowest BCUT2D eigenvalue weighted by molar-refractivity contribution is 0.0627. The van der Waals surface area contributed by atoms with Gasteiger partial charge in [-0.3, -0.25) is 19.7 Å². The van der Waals surface area contributed by atoms with Crippen molar-refractivity contribution >= 4 is 26.6 Å². The van der Waals surface area contributed by atoms with Crippen molar-refractivity contribution in [2.75, 3.05) is 33.3 Å². The third kappa shape index (κ3) is 5.39. The van der Waals surface area contributed by atoms with Gasteiger partial charge in [-0.2, -0.15) is 0 Å². The number of piperazine rings is 1. The van der Waals surface area contributed by atoms with E-state index in [1.807, 2.05) is 36.2 Å². The fourth-order valence-electron chi connectivity index (χ4n) is 4.87. The van der Waals surface area contributed by atoms with Crippen LogP contribution in [0.3, 0.4) is 0 Å². The zero-order valence-corrected chi connectivity index (χ0v) is 22.3. The average Bonchev–Trinajstić information content (AvgIpc) is 2.94. The van der Waals surface area contributed by atoms with Crippen LogP contribution in [0.4, 0.5) is 0 Å². The van der Waals surface area contributed by atoms with Crippen LogP contribution in [0.5, 0.6) is 5.75 Å². The number of hydrogen-bond donors (Lipinski definition) is 0. The molecule has 2 aromatic carbocycles. The second kappa shape index (κ2) is 10.9. The molecule has 1 saturated heterocycles. The number of methoxy groups -OCH3 is 1. The minimum absolute atomic E-state index is 0.0423. The van der Waals surface area contributed by atoms with Crippen molar-refractivity contribution in [1.82, 2.24) is 19.8 Å². The van der Waals surface area contributed by atoms with Crippen molar-refractivity contribution in [2.24, 2.45) is 0 Å². The zero-order valence-electron chi connectivity index (χ0n) is 21.5. The number of aryl methyl sites for hydroxylation is 1.